The summed E-state index contributed by atoms with van der Waals surface area (Å²) in [5.74, 6) is 0. The lowest BCUT2D eigenvalue weighted by atomic mass is 10.3. The lowest BCUT2D eigenvalue weighted by molar-refractivity contribution is -0.384. The van der Waals surface area contributed by atoms with Gasteiger partial charge >= 0.3 is 0 Å². The molecule has 0 bridgehead atoms. The molecule has 0 spiro atoms. The number of hydrogen-bond acceptors (Lipinski definition) is 5. The molecule has 0 aromatic heterocycles. The van der Waals surface area contributed by atoms with Gasteiger partial charge in [-0.1, -0.05) is 6.92 Å². The van der Waals surface area contributed by atoms with Crippen molar-refractivity contribution in [3.63, 3.8) is 0 Å². The molecule has 0 saturated carbocycles. The van der Waals surface area contributed by atoms with Crippen LogP contribution in [-0.2, 0) is 10.0 Å². The Hall–Kier alpha value is -1.98. The van der Waals surface area contributed by atoms with Gasteiger partial charge in [-0.25, -0.2) is 8.42 Å². The average Bonchev–Trinajstić information content (AvgIpc) is 2.35. The van der Waals surface area contributed by atoms with E-state index in [1.54, 1.807) is 13.0 Å². The highest BCUT2D eigenvalue weighted by Gasteiger charge is 2.23. The van der Waals surface area contributed by atoms with Crippen molar-refractivity contribution < 1.29 is 13.3 Å². The third-order valence-corrected chi connectivity index (χ3v) is 4.22. The van der Waals surface area contributed by atoms with Crippen molar-refractivity contribution in [3.05, 3.63) is 34.4 Å². The van der Waals surface area contributed by atoms with E-state index in [9.17, 15) is 18.5 Å². The molecule has 7 nitrogen and oxygen atoms in total. The maximum atomic E-state index is 12.0. The van der Waals surface area contributed by atoms with Crippen LogP contribution in [0.1, 0.15) is 6.92 Å². The van der Waals surface area contributed by atoms with Crippen LogP contribution in [0.25, 0.3) is 0 Å². The zero-order valence-electron chi connectivity index (χ0n) is 9.61. The predicted octanol–water partition coefficient (Wildman–Crippen LogP) is 1.13. The molecule has 8 heteroatoms. The monoisotopic (exact) mass is 269 g/mol. The Balaban J connectivity index is 3.13. The van der Waals surface area contributed by atoms with Crippen LogP contribution in [-0.4, -0.2) is 30.7 Å². The quantitative estimate of drug-likeness (QED) is 0.452. The smallest absolute Gasteiger partial charge is 0.258 e. The fourth-order valence-corrected chi connectivity index (χ4v) is 2.68. The molecular weight excluding hydrogens is 258 g/mol. The van der Waals surface area contributed by atoms with Crippen molar-refractivity contribution in [2.24, 2.45) is 0 Å². The van der Waals surface area contributed by atoms with Crippen molar-refractivity contribution >= 4 is 15.7 Å². The Morgan fingerprint density at radius 2 is 1.94 bits per heavy atom. The van der Waals surface area contributed by atoms with E-state index in [0.29, 0.717) is 0 Å². The highest BCUT2D eigenvalue weighted by atomic mass is 32.2. The zero-order valence-corrected chi connectivity index (χ0v) is 10.4. The van der Waals surface area contributed by atoms with Crippen LogP contribution in [0.3, 0.4) is 0 Å². The fraction of sp³-hybridized carbons (Fsp3) is 0.300. The summed E-state index contributed by atoms with van der Waals surface area (Å²) in [6.45, 7) is 1.52. The van der Waals surface area contributed by atoms with Gasteiger partial charge in [0.15, 0.2) is 0 Å². The van der Waals surface area contributed by atoms with Crippen molar-refractivity contribution in [2.75, 3.05) is 13.1 Å². The average molecular weight is 269 g/mol. The van der Waals surface area contributed by atoms with Crippen LogP contribution in [0, 0.1) is 21.4 Å². The first-order valence-electron chi connectivity index (χ1n) is 5.05. The molecule has 1 rings (SSSR count). The van der Waals surface area contributed by atoms with Crippen molar-refractivity contribution in [1.82, 2.24) is 4.31 Å². The van der Waals surface area contributed by atoms with Crippen LogP contribution in [0.4, 0.5) is 5.69 Å². The Labute approximate surface area is 104 Å². The van der Waals surface area contributed by atoms with Crippen molar-refractivity contribution in [1.29, 1.82) is 5.26 Å². The number of sulfonamides is 1. The Morgan fingerprint density at radius 1 is 1.39 bits per heavy atom. The first-order valence-corrected chi connectivity index (χ1v) is 6.49. The number of rotatable bonds is 5. The van der Waals surface area contributed by atoms with Gasteiger partial charge in [0, 0.05) is 18.7 Å². The molecule has 0 heterocycles. The van der Waals surface area contributed by atoms with E-state index >= 15 is 0 Å². The van der Waals surface area contributed by atoms with Crippen LogP contribution >= 0.6 is 0 Å². The van der Waals surface area contributed by atoms with Crippen LogP contribution in [0.2, 0.25) is 0 Å². The van der Waals surface area contributed by atoms with Gasteiger partial charge < -0.3 is 0 Å². The number of non-ortho nitro benzene ring substituents is 1. The van der Waals surface area contributed by atoms with E-state index in [2.05, 4.69) is 0 Å². The normalized spacial score (nSPS) is 11.2. The van der Waals surface area contributed by atoms with Gasteiger partial charge in [-0.3, -0.25) is 10.1 Å². The minimum absolute atomic E-state index is 0.0646. The summed E-state index contributed by atoms with van der Waals surface area (Å²) in [6, 6.07) is 6.32. The molecule has 1 aromatic rings. The lowest BCUT2D eigenvalue weighted by Crippen LogP contribution is -2.31. The molecule has 0 fully saturated rings. The summed E-state index contributed by atoms with van der Waals surface area (Å²) in [5.41, 5.74) is -0.183. The number of nitriles is 1. The van der Waals surface area contributed by atoms with Gasteiger partial charge in [0.05, 0.1) is 15.9 Å². The molecule has 1 aromatic carbocycles. The van der Waals surface area contributed by atoms with E-state index in [1.165, 1.54) is 0 Å². The van der Waals surface area contributed by atoms with Gasteiger partial charge in [-0.15, -0.1) is 0 Å². The number of benzene rings is 1. The molecule has 0 aliphatic carbocycles. The van der Waals surface area contributed by atoms with Gasteiger partial charge in [0.1, 0.15) is 6.54 Å². The number of nitro groups is 1. The predicted molar refractivity (Wildman–Crippen MR) is 63.1 cm³/mol. The second-order valence-corrected chi connectivity index (χ2v) is 5.28. The second-order valence-electron chi connectivity index (χ2n) is 3.34. The summed E-state index contributed by atoms with van der Waals surface area (Å²) in [4.78, 5) is 9.78. The standard InChI is InChI=1S/C10H11N3O4S/c1-2-12(8-7-11)18(16,17)10-5-3-9(4-6-10)13(14)15/h3-6H,2,8H2,1H3. The first kappa shape index (κ1) is 14.1. The highest BCUT2D eigenvalue weighted by molar-refractivity contribution is 7.89. The summed E-state index contributed by atoms with van der Waals surface area (Å²) in [7, 11) is -3.77. The minimum atomic E-state index is -3.77. The Bertz CT molecular complexity index is 574. The summed E-state index contributed by atoms with van der Waals surface area (Å²) in [6.07, 6.45) is 0. The van der Waals surface area contributed by atoms with Gasteiger partial charge in [-0.2, -0.15) is 9.57 Å². The molecule has 0 amide bonds. The van der Waals surface area contributed by atoms with Crippen LogP contribution in [0.15, 0.2) is 29.2 Å². The van der Waals surface area contributed by atoms with Crippen LogP contribution < -0.4 is 0 Å². The van der Waals surface area contributed by atoms with E-state index < -0.39 is 14.9 Å². The lowest BCUT2D eigenvalue weighted by Gasteiger charge is -2.16. The molecule has 0 atom stereocenters. The van der Waals surface area contributed by atoms with Gasteiger partial charge in [0.2, 0.25) is 10.0 Å². The van der Waals surface area contributed by atoms with E-state index in [1.807, 2.05) is 0 Å². The molecular formula is C10H11N3O4S. The Morgan fingerprint density at radius 3 is 2.33 bits per heavy atom. The van der Waals surface area contributed by atoms with E-state index in [4.69, 9.17) is 5.26 Å². The molecule has 0 aliphatic heterocycles. The molecule has 0 N–H and O–H groups in total. The third-order valence-electron chi connectivity index (χ3n) is 2.29. The number of hydrogen-bond donors (Lipinski definition) is 0. The SMILES string of the molecule is CCN(CC#N)S(=O)(=O)c1ccc([N+](=O)[O-])cc1. The summed E-state index contributed by atoms with van der Waals surface area (Å²) in [5, 5.41) is 19.0. The molecule has 0 unspecified atom stereocenters. The number of nitro benzene ring substituents is 1. The minimum Gasteiger partial charge on any atom is -0.258 e. The van der Waals surface area contributed by atoms with Crippen molar-refractivity contribution in [2.45, 2.75) is 11.8 Å². The molecule has 0 radical (unpaired) electrons. The van der Waals surface area contributed by atoms with Crippen LogP contribution in [0.5, 0.6) is 0 Å². The summed E-state index contributed by atoms with van der Waals surface area (Å²) < 4.78 is 25.1. The fourth-order valence-electron chi connectivity index (χ4n) is 1.33. The topological polar surface area (TPSA) is 104 Å². The molecule has 0 saturated heterocycles. The summed E-state index contributed by atoms with van der Waals surface area (Å²) >= 11 is 0. The maximum absolute atomic E-state index is 12.0. The molecule has 96 valence electrons. The zero-order chi connectivity index (χ0) is 13.8. The first-order chi connectivity index (χ1) is 8.43. The second kappa shape index (κ2) is 5.57. The Kier molecular flexibility index (Phi) is 4.36. The number of nitrogens with zero attached hydrogens (tertiary/aromatic N) is 3. The van der Waals surface area contributed by atoms with Gasteiger partial charge in [0.25, 0.3) is 5.69 Å². The van der Waals surface area contributed by atoms with Gasteiger partial charge in [-0.05, 0) is 12.1 Å². The highest BCUT2D eigenvalue weighted by Crippen LogP contribution is 2.19. The molecule has 0 aliphatic rings. The van der Waals surface area contributed by atoms with Crippen molar-refractivity contribution in [3.8, 4) is 6.07 Å². The maximum Gasteiger partial charge on any atom is 0.269 e. The largest absolute Gasteiger partial charge is 0.269 e. The van der Waals surface area contributed by atoms with E-state index in [-0.39, 0.29) is 23.7 Å². The van der Waals surface area contributed by atoms with E-state index in [0.717, 1.165) is 28.6 Å². The molecule has 18 heavy (non-hydrogen) atoms. The third kappa shape index (κ3) is 2.82.